The smallest absolute Gasteiger partial charge is 0.361 e. The third kappa shape index (κ3) is 36.8. The number of nitrogens with zero attached hydrogens (tertiary/aromatic N) is 10. The molecule has 0 fully saturated rings. The van der Waals surface area contributed by atoms with Crippen molar-refractivity contribution in [3.05, 3.63) is 349 Å². The van der Waals surface area contributed by atoms with E-state index in [0.717, 1.165) is 206 Å². The second kappa shape index (κ2) is 56.0. The van der Waals surface area contributed by atoms with Crippen LogP contribution in [0.1, 0.15) is 288 Å². The topological polar surface area (TPSA) is 783 Å². The first-order valence-corrected chi connectivity index (χ1v) is 45.9. The summed E-state index contributed by atoms with van der Waals surface area (Å²) in [5, 5.41) is 172. The van der Waals surface area contributed by atoms with Gasteiger partial charge in [0.2, 0.25) is 5.69 Å². The summed E-state index contributed by atoms with van der Waals surface area (Å²) in [4.78, 5) is 140. The van der Waals surface area contributed by atoms with Crippen LogP contribution in [0.25, 0.3) is 0 Å². The lowest BCUT2D eigenvalue weighted by Crippen LogP contribution is -2.22. The summed E-state index contributed by atoms with van der Waals surface area (Å²) in [6, 6.07) is 45.9. The molecule has 0 saturated carbocycles. The van der Waals surface area contributed by atoms with Crippen LogP contribution < -0.4 is 5.11 Å². The Labute approximate surface area is 844 Å². The van der Waals surface area contributed by atoms with Crippen LogP contribution in [0.15, 0.2) is 170 Å². The predicted molar refractivity (Wildman–Crippen MR) is 524 cm³/mol. The summed E-state index contributed by atoms with van der Waals surface area (Å²) >= 11 is 11.6. The van der Waals surface area contributed by atoms with Gasteiger partial charge in [-0.1, -0.05) is 149 Å². The number of carboxylic acids is 12. The van der Waals surface area contributed by atoms with E-state index in [1.54, 1.807) is 49.6 Å². The molecule has 49 heteroatoms. The largest absolute Gasteiger partial charge is 0.543 e. The van der Waals surface area contributed by atoms with Crippen molar-refractivity contribution in [2.75, 3.05) is 0 Å². The second-order valence-electron chi connectivity index (χ2n) is 33.9. The summed E-state index contributed by atoms with van der Waals surface area (Å²) in [5.74, 6) is -11.7. The molecule has 4 aromatic carbocycles. The maximum atomic E-state index is 10.8. The van der Waals surface area contributed by atoms with Crippen LogP contribution in [0.4, 0.5) is 5.69 Å². The third-order valence-corrected chi connectivity index (χ3v) is 22.7. The summed E-state index contributed by atoms with van der Waals surface area (Å²) < 4.78 is 0. The molecular formula is C98H106Cl2N21O26-. The first-order chi connectivity index (χ1) is 69.8. The molecule has 774 valence electrons. The molecule has 47 nitrogen and oxygen atoms in total. The Kier molecular flexibility index (Phi) is 43.5. The number of carbonyl (C=O) groups excluding carboxylic acids is 1. The van der Waals surface area contributed by atoms with Crippen molar-refractivity contribution in [3.63, 3.8) is 0 Å². The molecule has 3 aliphatic carbocycles. The molecular weight excluding hydrogens is 1960 g/mol. The number of halogens is 2. The summed E-state index contributed by atoms with van der Waals surface area (Å²) in [6.45, 7) is 12.4. The first-order valence-electron chi connectivity index (χ1n) is 45.1. The molecule has 15 aromatic rings. The van der Waals surface area contributed by atoms with Crippen LogP contribution in [0.3, 0.4) is 0 Å². The van der Waals surface area contributed by atoms with Crippen molar-refractivity contribution in [2.24, 2.45) is 5.92 Å². The number of hydrogen-bond acceptors (Lipinski definition) is 24. The van der Waals surface area contributed by atoms with Gasteiger partial charge in [0, 0.05) is 84.4 Å². The van der Waals surface area contributed by atoms with Crippen molar-refractivity contribution in [3.8, 4) is 0 Å². The normalized spacial score (nSPS) is 12.1. The number of nitro groups is 1. The number of fused-ring (bicyclic) bond motifs is 3. The van der Waals surface area contributed by atoms with Gasteiger partial charge in [-0.2, -0.15) is 45.9 Å². The maximum Gasteiger partial charge on any atom is 0.361 e. The van der Waals surface area contributed by atoms with E-state index in [1.807, 2.05) is 95.1 Å². The number of H-pyrrole nitrogens is 11. The fourth-order valence-electron chi connectivity index (χ4n) is 14.4. The zero-order valence-corrected chi connectivity index (χ0v) is 81.3. The van der Waals surface area contributed by atoms with Crippen LogP contribution in [0.2, 0.25) is 10.0 Å². The number of aryl methyl sites for hydroxylation is 11. The van der Waals surface area contributed by atoms with Gasteiger partial charge in [-0.05, 0) is 228 Å². The van der Waals surface area contributed by atoms with Gasteiger partial charge in [0.15, 0.2) is 45.6 Å². The highest BCUT2D eigenvalue weighted by Crippen LogP contribution is 2.38. The molecule has 22 N–H and O–H groups in total. The molecule has 18 rings (SSSR count). The van der Waals surface area contributed by atoms with Crippen molar-refractivity contribution >= 4 is 101 Å². The molecule has 0 aliphatic heterocycles. The van der Waals surface area contributed by atoms with E-state index in [0.29, 0.717) is 16.9 Å². The number of aromatic carboxylic acids is 12. The number of carboxylic acid groups (broad SMARTS) is 12. The van der Waals surface area contributed by atoms with Gasteiger partial charge in [0.1, 0.15) is 17.6 Å². The monoisotopic (exact) mass is 2060 g/mol. The lowest BCUT2D eigenvalue weighted by atomic mass is 9.91. The Hall–Kier alpha value is -18.1. The molecule has 147 heavy (non-hydrogen) atoms. The standard InChI is InChI=1S/C13H12ClNO2.C13H13NO2.C12H11ClN2O2.C12H12N2O2.C10H16N2O2.C9H12N2O2.C8H10N2O2.C7H8N2O2.C5H4N2O4.C5H6N2O2.C4H3N3O4/c14-11-5-3-9(4-6-11)1-2-10-7-12(13(16)17)15-8-10;15-13(16)12-8-11(9-14-12)7-6-10-4-2-1-3-5-10;13-9-4-1-8(2-5-9)3-6-10-7-11(12(16)17)15-14-10;15-12(16)11-8-10(13-14-11)7-6-9-4-2-1-3-5-9;1-7(2)4-3-5-8-6-9(10(13)14)12-11-8;1-9(2)4-3-5-6(8(12)13)10-11-7(5)9;1-4-2-3-5-6(4)9-10-7(5)8(11)12;10-7(11)6-4-2-1-3-5(4)8-9-6;8-4(9)2-1-3(5(10)11)7-6-2;1-3-2-4(5(8)9)7-6-3;8-4(9)3-2(7(10)11)1-5-6-3/h3-8,15H,1-2H2,(H,16,17);1-5,8-9,14H,6-7H2,(H,15,16);1-2,4-5,7H,3,6H2,(H,14,15)(H,16,17);1-5,8H,6-7H2,(H,13,14)(H,15,16);6-7H,3-5H2,1-2H3,(H,11,12)(H,13,14);3-4H2,1-2H3,(H,10,11)(H,12,13);4H,2-3H2,1H3,(H,9,10)(H,11,12);1-3H2,(H,8,9)(H,10,11);1H,(H,6,7)(H,8,9)(H,10,11);2H,1H3,(H,6,7)(H,8,9);1H,(H,5,6)(H,8,9)/p-1. The number of rotatable bonds is 29. The second-order valence-corrected chi connectivity index (χ2v) is 34.8. The van der Waals surface area contributed by atoms with E-state index in [-0.39, 0.29) is 68.0 Å². The molecule has 3 aliphatic rings. The zero-order chi connectivity index (χ0) is 108. The quantitative estimate of drug-likeness (QED) is 0.0153. The van der Waals surface area contributed by atoms with Crippen molar-refractivity contribution in [2.45, 2.75) is 168 Å². The average Bonchev–Trinajstić information content (AvgIpc) is 1.63. The number of aromatic nitrogens is 20. The fourth-order valence-corrected chi connectivity index (χ4v) is 14.7. The molecule has 0 saturated heterocycles. The Morgan fingerprint density at radius 1 is 0.415 bits per heavy atom. The van der Waals surface area contributed by atoms with Gasteiger partial charge in [0.05, 0.1) is 16.6 Å². The molecule has 11 heterocycles. The fraction of sp³-hybridized carbons (Fsp3) is 0.276. The molecule has 0 bridgehead atoms. The molecule has 0 radical (unpaired) electrons. The van der Waals surface area contributed by atoms with E-state index in [1.165, 1.54) is 22.8 Å². The highest BCUT2D eigenvalue weighted by Gasteiger charge is 2.36. The van der Waals surface area contributed by atoms with Gasteiger partial charge < -0.3 is 76.0 Å². The number of benzene rings is 4. The average molecular weight is 2060 g/mol. The molecule has 0 spiro atoms. The van der Waals surface area contributed by atoms with Crippen LogP contribution >= 0.6 is 23.2 Å². The number of hydrogen-bond donors (Lipinski definition) is 22. The van der Waals surface area contributed by atoms with Gasteiger partial charge in [-0.3, -0.25) is 56.0 Å². The van der Waals surface area contributed by atoms with Crippen LogP contribution in [-0.4, -0.2) is 234 Å². The van der Waals surface area contributed by atoms with Crippen molar-refractivity contribution < 1.29 is 124 Å². The maximum absolute atomic E-state index is 10.8. The third-order valence-electron chi connectivity index (χ3n) is 22.2. The molecule has 1 atom stereocenters. The molecule has 1 unspecified atom stereocenters. The highest BCUT2D eigenvalue weighted by atomic mass is 35.5. The molecule has 0 amide bonds. The lowest BCUT2D eigenvalue weighted by Gasteiger charge is -2.15. The summed E-state index contributed by atoms with van der Waals surface area (Å²) in [5.41, 5.74) is 15.6. The predicted octanol–water partition coefficient (Wildman–Crippen LogP) is 14.2. The minimum atomic E-state index is -1.48. The van der Waals surface area contributed by atoms with E-state index < -0.39 is 87.9 Å². The van der Waals surface area contributed by atoms with Crippen molar-refractivity contribution in [1.82, 2.24) is 102 Å². The lowest BCUT2D eigenvalue weighted by molar-refractivity contribution is -0.385. The van der Waals surface area contributed by atoms with E-state index in [4.69, 9.17) is 79.4 Å². The zero-order valence-electron chi connectivity index (χ0n) is 79.8. The summed E-state index contributed by atoms with van der Waals surface area (Å²) in [7, 11) is 0. The number of carbonyl (C=O) groups is 12. The van der Waals surface area contributed by atoms with E-state index in [2.05, 4.69) is 150 Å². The Bertz CT molecular complexity index is 6690. The Morgan fingerprint density at radius 3 is 1.21 bits per heavy atom. The number of aromatic amines is 11. The van der Waals surface area contributed by atoms with Crippen LogP contribution in [-0.2, 0) is 88.9 Å². The van der Waals surface area contributed by atoms with Gasteiger partial charge in [-0.25, -0.2) is 52.7 Å². The number of nitrogens with one attached hydrogen (secondary N) is 11. The van der Waals surface area contributed by atoms with Gasteiger partial charge in [0.25, 0.3) is 0 Å². The minimum Gasteiger partial charge on any atom is -0.543 e. The van der Waals surface area contributed by atoms with Gasteiger partial charge in [-0.15, -0.1) is 0 Å². The Balaban J connectivity index is 0.000000198. The van der Waals surface area contributed by atoms with Crippen molar-refractivity contribution in [1.29, 1.82) is 0 Å². The van der Waals surface area contributed by atoms with Crippen LogP contribution in [0, 0.1) is 23.0 Å². The highest BCUT2D eigenvalue weighted by molar-refractivity contribution is 6.30. The van der Waals surface area contributed by atoms with E-state index in [9.17, 15) is 72.8 Å². The SMILES string of the molecule is CC(C)CCCc1cc(C(=O)O)n[nH]1.CC1(C)CCc2c(C(=O)O)n[nH]c21.CC1CCc2c(C(=O)O)n[nH]c21.Cc1cc(C(=O)O)n[nH]1.O=C(O)c1[nH]ncc1[N+](=O)[O-].O=C(O)c1cc(C(=O)[O-])[nH]n1.O=C(O)c1cc(CCc2ccc(Cl)cc2)[nH]n1.O=C(O)c1cc(CCc2ccc(Cl)cc2)c[nH]1.O=C(O)c1cc(CCc2ccccc2)[nH]n1.O=C(O)c1cc(CCc2ccccc2)c[nH]1.O=C(O)c1n[nH]c2c1CCC2. The first kappa shape index (κ1) is 114. The van der Waals surface area contributed by atoms with Crippen LogP contribution in [0.5, 0.6) is 0 Å². The van der Waals surface area contributed by atoms with E-state index >= 15 is 0 Å². The molecule has 11 aromatic heterocycles. The van der Waals surface area contributed by atoms with Gasteiger partial charge >= 0.3 is 71.3 Å². The minimum absolute atomic E-state index is 0.0516. The summed E-state index contributed by atoms with van der Waals surface area (Å²) in [6.07, 6.45) is 20.6. The Morgan fingerprint density at radius 2 is 0.823 bits per heavy atom.